The van der Waals surface area contributed by atoms with Crippen LogP contribution in [0, 0.1) is 0 Å². The molecule has 0 unspecified atom stereocenters. The van der Waals surface area contributed by atoms with Crippen LogP contribution in [0.2, 0.25) is 0 Å². The van der Waals surface area contributed by atoms with E-state index >= 15 is 0 Å². The van der Waals surface area contributed by atoms with Crippen LogP contribution in [0.25, 0.3) is 11.4 Å². The van der Waals surface area contributed by atoms with Crippen LogP contribution in [0.4, 0.5) is 5.69 Å². The van der Waals surface area contributed by atoms with E-state index < -0.39 is 0 Å². The number of carbonyl (C=O) groups is 2. The number of benzene rings is 2. The maximum atomic E-state index is 12.5. The van der Waals surface area contributed by atoms with Gasteiger partial charge >= 0.3 is 0 Å². The Labute approximate surface area is 181 Å². The fraction of sp³-hybridized carbons (Fsp3) is 0.304. The molecule has 2 aromatic carbocycles. The predicted molar refractivity (Wildman–Crippen MR) is 121 cm³/mol. The average molecular weight is 423 g/mol. The monoisotopic (exact) mass is 422 g/mol. The van der Waals surface area contributed by atoms with Gasteiger partial charge in [-0.25, -0.2) is 0 Å². The number of carbonyl (C=O) groups excluding carboxylic acids is 2. The Hall–Kier alpha value is -2.93. The Bertz CT molecular complexity index is 1050. The Kier molecular flexibility index (Phi) is 6.41. The average Bonchev–Trinajstić information content (AvgIpc) is 3.06. The number of anilines is 1. The van der Waals surface area contributed by atoms with Crippen LogP contribution in [-0.2, 0) is 17.3 Å². The fourth-order valence-corrected chi connectivity index (χ4v) is 3.77. The van der Waals surface area contributed by atoms with E-state index in [2.05, 4.69) is 60.6 Å². The van der Waals surface area contributed by atoms with Crippen molar-refractivity contribution in [3.05, 3.63) is 59.7 Å². The van der Waals surface area contributed by atoms with E-state index in [4.69, 9.17) is 0 Å². The number of thioether (sulfide) groups is 1. The first-order valence-electron chi connectivity index (χ1n) is 9.69. The SMILES string of the molecule is CC(=O)Nc1ccc(C(=O)CSc2nnc(-c3ccc(C(C)(C)C)cc3)n2C)cc1. The zero-order chi connectivity index (χ0) is 21.9. The Balaban J connectivity index is 1.66. The largest absolute Gasteiger partial charge is 0.326 e. The molecule has 1 heterocycles. The molecule has 3 rings (SSSR count). The van der Waals surface area contributed by atoms with Crippen molar-refractivity contribution in [3.63, 3.8) is 0 Å². The summed E-state index contributed by atoms with van der Waals surface area (Å²) in [6.45, 7) is 8.00. The third-order valence-electron chi connectivity index (χ3n) is 4.70. The second-order valence-corrected chi connectivity index (χ2v) is 9.11. The second-order valence-electron chi connectivity index (χ2n) is 8.16. The number of Topliss-reactive ketones (excluding diaryl/α,β-unsaturated/α-hetero) is 1. The summed E-state index contributed by atoms with van der Waals surface area (Å²) in [6.07, 6.45) is 0. The zero-order valence-corrected chi connectivity index (χ0v) is 18.7. The highest BCUT2D eigenvalue weighted by molar-refractivity contribution is 7.99. The highest BCUT2D eigenvalue weighted by Gasteiger charge is 2.16. The van der Waals surface area contributed by atoms with Crippen molar-refractivity contribution in [1.82, 2.24) is 14.8 Å². The molecule has 0 radical (unpaired) electrons. The lowest BCUT2D eigenvalue weighted by atomic mass is 9.87. The van der Waals surface area contributed by atoms with Gasteiger partial charge in [0.1, 0.15) is 0 Å². The minimum atomic E-state index is -0.143. The molecule has 0 bridgehead atoms. The molecule has 30 heavy (non-hydrogen) atoms. The van der Waals surface area contributed by atoms with Crippen LogP contribution in [0.15, 0.2) is 53.7 Å². The van der Waals surface area contributed by atoms with Crippen molar-refractivity contribution in [2.75, 3.05) is 11.1 Å². The third-order valence-corrected chi connectivity index (χ3v) is 5.72. The van der Waals surface area contributed by atoms with Gasteiger partial charge < -0.3 is 9.88 Å². The van der Waals surface area contributed by atoms with E-state index in [-0.39, 0.29) is 22.9 Å². The Morgan fingerprint density at radius 1 is 1.00 bits per heavy atom. The van der Waals surface area contributed by atoms with Gasteiger partial charge in [0.05, 0.1) is 5.75 Å². The van der Waals surface area contributed by atoms with Crippen molar-refractivity contribution < 1.29 is 9.59 Å². The lowest BCUT2D eigenvalue weighted by Gasteiger charge is -2.19. The summed E-state index contributed by atoms with van der Waals surface area (Å²) >= 11 is 1.36. The predicted octanol–water partition coefficient (Wildman–Crippen LogP) is 4.71. The lowest BCUT2D eigenvalue weighted by Crippen LogP contribution is -2.10. The van der Waals surface area contributed by atoms with Gasteiger partial charge in [-0.15, -0.1) is 10.2 Å². The minimum Gasteiger partial charge on any atom is -0.326 e. The first-order valence-corrected chi connectivity index (χ1v) is 10.7. The van der Waals surface area contributed by atoms with Crippen LogP contribution in [-0.4, -0.2) is 32.2 Å². The van der Waals surface area contributed by atoms with Gasteiger partial charge in [-0.3, -0.25) is 9.59 Å². The first-order chi connectivity index (χ1) is 14.1. The molecule has 0 aliphatic rings. The Morgan fingerprint density at radius 2 is 1.63 bits per heavy atom. The van der Waals surface area contributed by atoms with Crippen LogP contribution in [0.3, 0.4) is 0 Å². The van der Waals surface area contributed by atoms with Crippen LogP contribution in [0.5, 0.6) is 0 Å². The summed E-state index contributed by atoms with van der Waals surface area (Å²) in [6, 6.07) is 15.2. The second kappa shape index (κ2) is 8.83. The zero-order valence-electron chi connectivity index (χ0n) is 17.9. The molecule has 156 valence electrons. The van der Waals surface area contributed by atoms with Crippen LogP contribution >= 0.6 is 11.8 Å². The lowest BCUT2D eigenvalue weighted by molar-refractivity contribution is -0.114. The third kappa shape index (κ3) is 5.16. The minimum absolute atomic E-state index is 0.00606. The van der Waals surface area contributed by atoms with E-state index in [0.717, 1.165) is 11.4 Å². The molecule has 0 aliphatic heterocycles. The smallest absolute Gasteiger partial charge is 0.221 e. The first kappa shape index (κ1) is 21.8. The van der Waals surface area contributed by atoms with Crippen molar-refractivity contribution >= 4 is 29.1 Å². The van der Waals surface area contributed by atoms with Gasteiger partial charge in [-0.1, -0.05) is 56.8 Å². The van der Waals surface area contributed by atoms with Crippen LogP contribution < -0.4 is 5.32 Å². The molecule has 1 aromatic heterocycles. The van der Waals surface area contributed by atoms with E-state index in [1.165, 1.54) is 24.2 Å². The van der Waals surface area contributed by atoms with Gasteiger partial charge in [0.15, 0.2) is 16.8 Å². The van der Waals surface area contributed by atoms with Crippen molar-refractivity contribution in [1.29, 1.82) is 0 Å². The quantitative estimate of drug-likeness (QED) is 0.460. The normalized spacial score (nSPS) is 11.4. The fourth-order valence-electron chi connectivity index (χ4n) is 2.97. The molecule has 1 N–H and O–H groups in total. The van der Waals surface area contributed by atoms with Gasteiger partial charge in [0.2, 0.25) is 5.91 Å². The van der Waals surface area contributed by atoms with Gasteiger partial charge in [0.25, 0.3) is 0 Å². The topological polar surface area (TPSA) is 76.9 Å². The number of amides is 1. The highest BCUT2D eigenvalue weighted by Crippen LogP contribution is 2.27. The number of ketones is 1. The van der Waals surface area contributed by atoms with Gasteiger partial charge in [-0.2, -0.15) is 0 Å². The summed E-state index contributed by atoms with van der Waals surface area (Å²) in [5.74, 6) is 0.878. The summed E-state index contributed by atoms with van der Waals surface area (Å²) in [4.78, 5) is 23.6. The summed E-state index contributed by atoms with van der Waals surface area (Å²) < 4.78 is 1.91. The molecule has 6 nitrogen and oxygen atoms in total. The summed E-state index contributed by atoms with van der Waals surface area (Å²) in [5, 5.41) is 11.9. The van der Waals surface area contributed by atoms with E-state index in [9.17, 15) is 9.59 Å². The molecule has 0 atom stereocenters. The van der Waals surface area contributed by atoms with E-state index in [0.29, 0.717) is 16.4 Å². The highest BCUT2D eigenvalue weighted by atomic mass is 32.2. The standard InChI is InChI=1S/C23H26N4O2S/c1-15(28)24-19-12-8-16(9-13-19)20(29)14-30-22-26-25-21(27(22)5)17-6-10-18(11-7-17)23(2,3)4/h6-13H,14H2,1-5H3,(H,24,28). The number of hydrogen-bond donors (Lipinski definition) is 1. The molecule has 0 saturated heterocycles. The number of hydrogen-bond acceptors (Lipinski definition) is 5. The maximum absolute atomic E-state index is 12.5. The molecule has 3 aromatic rings. The molecular weight excluding hydrogens is 396 g/mol. The number of nitrogens with zero attached hydrogens (tertiary/aromatic N) is 3. The summed E-state index contributed by atoms with van der Waals surface area (Å²) in [7, 11) is 1.90. The molecular formula is C23H26N4O2S. The molecule has 7 heteroatoms. The van der Waals surface area contributed by atoms with Crippen molar-refractivity contribution in [2.45, 2.75) is 38.3 Å². The summed E-state index contributed by atoms with van der Waals surface area (Å²) in [5.41, 5.74) is 3.61. The molecule has 0 spiro atoms. The van der Waals surface area contributed by atoms with Gasteiger partial charge in [-0.05, 0) is 35.2 Å². The van der Waals surface area contributed by atoms with E-state index in [1.54, 1.807) is 24.3 Å². The van der Waals surface area contributed by atoms with Gasteiger partial charge in [0, 0.05) is 30.8 Å². The van der Waals surface area contributed by atoms with E-state index in [1.807, 2.05) is 11.6 Å². The molecule has 0 fully saturated rings. The number of nitrogens with one attached hydrogen (secondary N) is 1. The van der Waals surface area contributed by atoms with Crippen molar-refractivity contribution in [2.24, 2.45) is 7.05 Å². The Morgan fingerprint density at radius 3 is 2.20 bits per heavy atom. The van der Waals surface area contributed by atoms with Crippen LogP contribution in [0.1, 0.15) is 43.6 Å². The van der Waals surface area contributed by atoms with Crippen molar-refractivity contribution in [3.8, 4) is 11.4 Å². The molecule has 0 aliphatic carbocycles. The number of aromatic nitrogens is 3. The number of rotatable bonds is 6. The molecule has 1 amide bonds. The molecule has 0 saturated carbocycles. The maximum Gasteiger partial charge on any atom is 0.221 e.